The Labute approximate surface area is 611 Å². The zero-order chi connectivity index (χ0) is 69.6. The molecule has 2 spiro atoms. The van der Waals surface area contributed by atoms with Gasteiger partial charge < -0.3 is 8.83 Å². The second kappa shape index (κ2) is 23.4. The fourth-order valence-electron chi connectivity index (χ4n) is 18.1. The summed E-state index contributed by atoms with van der Waals surface area (Å²) < 4.78 is 12.3. The molecule has 8 heteroatoms. The lowest BCUT2D eigenvalue weighted by Crippen LogP contribution is -2.27. The molecule has 17 aromatic rings. The normalized spacial score (nSPS) is 14.9. The highest BCUT2D eigenvalue weighted by atomic mass is 16.4. The maximum atomic E-state index is 6.17. The monoisotopic (exact) mass is 1350 g/mol. The minimum Gasteiger partial charge on any atom is -0.416 e. The van der Waals surface area contributed by atoms with Crippen molar-refractivity contribution in [2.24, 2.45) is 0 Å². The van der Waals surface area contributed by atoms with E-state index in [1.807, 2.05) is 84.9 Å². The van der Waals surface area contributed by atoms with Gasteiger partial charge in [0, 0.05) is 33.4 Å². The van der Waals surface area contributed by atoms with Crippen molar-refractivity contribution in [1.29, 1.82) is 0 Å². The standard InChI is InChI=1S/C98H60N6O2/c1-3-19-65(20-4-1)93-101-103-95(105-93)67-47-39-61(40-48-67)59-35-43-63(44-36-59)91-92(64-45-37-60(38-46-64)62-41-49-68(50-42-62)96-104-102-94(106-96)66-21-5-2-6-22-66)100-90-58-80(70-52-54-78-76-28-12-18-34-86(76)98(88(78)56-70)83-31-15-9-25-73(83)74-26-10-16-32-84(74)98)79(57-89(90)99-91)69-51-53-77-75-27-11-17-33-85(75)97(87(77)55-69)81-29-13-7-23-71(81)72-24-8-14-30-82(72)97/h1-15,17-31,33-58H,16,32H2. The predicted molar refractivity (Wildman–Crippen MR) is 423 cm³/mol. The van der Waals surface area contributed by atoms with Crippen LogP contribution in [0.4, 0.5) is 0 Å². The lowest BCUT2D eigenvalue weighted by atomic mass is 9.68. The third-order valence-electron chi connectivity index (χ3n) is 22.9. The summed E-state index contributed by atoms with van der Waals surface area (Å²) in [6.45, 7) is 0. The zero-order valence-electron chi connectivity index (χ0n) is 57.2. The molecule has 5 aliphatic carbocycles. The molecule has 0 radical (unpaired) electrons. The molecule has 1 atom stereocenters. The molecule has 0 saturated heterocycles. The Morgan fingerprint density at radius 2 is 0.538 bits per heavy atom. The van der Waals surface area contributed by atoms with Gasteiger partial charge in [0.2, 0.25) is 23.6 Å². The predicted octanol–water partition coefficient (Wildman–Crippen LogP) is 23.8. The van der Waals surface area contributed by atoms with Gasteiger partial charge in [-0.15, -0.1) is 20.4 Å². The topological polar surface area (TPSA) is 104 Å². The van der Waals surface area contributed by atoms with Gasteiger partial charge in [0.15, 0.2) is 0 Å². The number of hydrogen-bond acceptors (Lipinski definition) is 8. The van der Waals surface area contributed by atoms with Crippen molar-refractivity contribution in [2.75, 3.05) is 0 Å². The summed E-state index contributed by atoms with van der Waals surface area (Å²) in [5.41, 5.74) is 37.0. The van der Waals surface area contributed by atoms with E-state index in [2.05, 4.69) is 275 Å². The van der Waals surface area contributed by atoms with Crippen LogP contribution in [0.15, 0.2) is 354 Å². The Kier molecular flexibility index (Phi) is 13.2. The average molecular weight is 1350 g/mol. The molecule has 494 valence electrons. The van der Waals surface area contributed by atoms with E-state index in [1.165, 1.54) is 89.0 Å². The summed E-state index contributed by atoms with van der Waals surface area (Å²) >= 11 is 0. The number of hydrogen-bond donors (Lipinski definition) is 0. The van der Waals surface area contributed by atoms with Crippen LogP contribution in [0, 0.1) is 0 Å². The van der Waals surface area contributed by atoms with Crippen LogP contribution in [0.2, 0.25) is 0 Å². The van der Waals surface area contributed by atoms with Crippen molar-refractivity contribution in [1.82, 2.24) is 30.4 Å². The maximum absolute atomic E-state index is 6.17. The van der Waals surface area contributed by atoms with Crippen molar-refractivity contribution in [3.05, 3.63) is 390 Å². The van der Waals surface area contributed by atoms with Gasteiger partial charge in [0.1, 0.15) is 0 Å². The van der Waals surface area contributed by atoms with E-state index in [1.54, 1.807) is 0 Å². The van der Waals surface area contributed by atoms with Crippen LogP contribution in [-0.4, -0.2) is 30.4 Å². The third kappa shape index (κ3) is 8.88. The van der Waals surface area contributed by atoms with E-state index in [4.69, 9.17) is 18.8 Å². The van der Waals surface area contributed by atoms with Gasteiger partial charge in [0.25, 0.3) is 0 Å². The van der Waals surface area contributed by atoms with Crippen LogP contribution < -0.4 is 0 Å². The third-order valence-corrected chi connectivity index (χ3v) is 22.9. The summed E-state index contributed by atoms with van der Waals surface area (Å²) in [5.74, 6) is 1.90. The number of nitrogens with zero attached hydrogens (tertiary/aromatic N) is 6. The SMILES string of the molecule is C1=CC2=C(CC1)C1(c3ccccc32)c2ccccc2-c2ccc(-c3cc4nc(-c5ccc(-c6ccc(-c7nnc(-c8ccccc8)o7)cc6)cc5)c(-c5ccc(-c6ccc(-c7nnc(-c8ccccc8)o7)cc6)cc5)nc4cc3-c3ccc4c(c3)C3(c5ccccc5-c5ccccc53)c3ccccc3-4)cc21. The van der Waals surface area contributed by atoms with Crippen molar-refractivity contribution in [3.63, 3.8) is 0 Å². The van der Waals surface area contributed by atoms with Crippen molar-refractivity contribution < 1.29 is 8.83 Å². The van der Waals surface area contributed by atoms with Gasteiger partial charge in [0.05, 0.1) is 33.3 Å². The van der Waals surface area contributed by atoms with Crippen molar-refractivity contribution >= 4 is 16.6 Å². The molecule has 0 bridgehead atoms. The molecule has 0 saturated carbocycles. The first-order chi connectivity index (χ1) is 52.5. The summed E-state index contributed by atoms with van der Waals surface area (Å²) in [6.07, 6.45) is 6.73. The van der Waals surface area contributed by atoms with Crippen molar-refractivity contribution in [3.8, 4) is 146 Å². The summed E-state index contributed by atoms with van der Waals surface area (Å²) in [7, 11) is 0. The lowest BCUT2D eigenvalue weighted by molar-refractivity contribution is 0.584. The van der Waals surface area contributed by atoms with E-state index >= 15 is 0 Å². The Morgan fingerprint density at radius 3 is 0.943 bits per heavy atom. The molecule has 14 aromatic carbocycles. The fraction of sp³-hybridized carbons (Fsp3) is 0.0408. The van der Waals surface area contributed by atoms with Gasteiger partial charge >= 0.3 is 0 Å². The largest absolute Gasteiger partial charge is 0.416 e. The molecule has 3 aromatic heterocycles. The second-order valence-corrected chi connectivity index (χ2v) is 28.3. The number of allylic oxidation sites excluding steroid dienone is 4. The van der Waals surface area contributed by atoms with Crippen LogP contribution in [0.3, 0.4) is 0 Å². The molecule has 3 heterocycles. The first kappa shape index (κ1) is 59.8. The summed E-state index contributed by atoms with van der Waals surface area (Å²) in [5, 5.41) is 17.6. The number of fused-ring (bicyclic) bond motifs is 20. The molecule has 0 aliphatic heterocycles. The van der Waals surface area contributed by atoms with Crippen LogP contribution in [0.5, 0.6) is 0 Å². The summed E-state index contributed by atoms with van der Waals surface area (Å²) in [6, 6.07) is 119. The van der Waals surface area contributed by atoms with Crippen LogP contribution in [-0.2, 0) is 10.8 Å². The number of benzene rings is 14. The van der Waals surface area contributed by atoms with Gasteiger partial charge in [-0.05, 0) is 219 Å². The van der Waals surface area contributed by atoms with E-state index in [9.17, 15) is 0 Å². The molecule has 0 fully saturated rings. The minimum atomic E-state index is -0.550. The van der Waals surface area contributed by atoms with Gasteiger partial charge in [-0.25, -0.2) is 9.97 Å². The lowest BCUT2D eigenvalue weighted by Gasteiger charge is -2.33. The highest BCUT2D eigenvalue weighted by Crippen LogP contribution is 2.66. The molecular formula is C98H60N6O2. The first-order valence-electron chi connectivity index (χ1n) is 36.3. The fourth-order valence-corrected chi connectivity index (χ4v) is 18.1. The molecule has 22 rings (SSSR count). The van der Waals surface area contributed by atoms with Crippen LogP contribution in [0.25, 0.3) is 163 Å². The van der Waals surface area contributed by atoms with Gasteiger partial charge in [-0.1, -0.05) is 267 Å². The molecule has 8 nitrogen and oxygen atoms in total. The number of rotatable bonds is 10. The second-order valence-electron chi connectivity index (χ2n) is 28.3. The Morgan fingerprint density at radius 1 is 0.236 bits per heavy atom. The van der Waals surface area contributed by atoms with E-state index in [-0.39, 0.29) is 0 Å². The Bertz CT molecular complexity index is 6480. The zero-order valence-corrected chi connectivity index (χ0v) is 57.2. The highest BCUT2D eigenvalue weighted by molar-refractivity contribution is 6.03. The van der Waals surface area contributed by atoms with Crippen LogP contribution >= 0.6 is 0 Å². The molecular weight excluding hydrogens is 1290 g/mol. The Hall–Kier alpha value is -13.8. The van der Waals surface area contributed by atoms with Gasteiger partial charge in [-0.3, -0.25) is 0 Å². The first-order valence-corrected chi connectivity index (χ1v) is 36.3. The molecule has 0 amide bonds. The van der Waals surface area contributed by atoms with E-state index < -0.39 is 10.8 Å². The average Bonchev–Trinajstić information content (AvgIpc) is 1.52. The van der Waals surface area contributed by atoms with Gasteiger partial charge in [-0.2, -0.15) is 0 Å². The molecule has 0 N–H and O–H groups in total. The van der Waals surface area contributed by atoms with Crippen LogP contribution in [0.1, 0.15) is 57.3 Å². The molecule has 5 aliphatic rings. The minimum absolute atomic E-state index is 0.467. The maximum Gasteiger partial charge on any atom is 0.248 e. The number of aromatic nitrogens is 6. The highest BCUT2D eigenvalue weighted by Gasteiger charge is 2.54. The van der Waals surface area contributed by atoms with E-state index in [0.29, 0.717) is 23.6 Å². The smallest absolute Gasteiger partial charge is 0.248 e. The molecule has 106 heavy (non-hydrogen) atoms. The van der Waals surface area contributed by atoms with E-state index in [0.717, 1.165) is 113 Å². The molecule has 1 unspecified atom stereocenters. The quantitative estimate of drug-likeness (QED) is 0.133. The summed E-state index contributed by atoms with van der Waals surface area (Å²) in [4.78, 5) is 11.8. The van der Waals surface area contributed by atoms with Crippen molar-refractivity contribution in [2.45, 2.75) is 23.7 Å². The Balaban J connectivity index is 0.727.